The summed E-state index contributed by atoms with van der Waals surface area (Å²) in [5.74, 6) is -5.62. The Morgan fingerprint density at radius 3 is 2.23 bits per heavy atom. The Kier molecular flexibility index (Phi) is 14.1. The van der Waals surface area contributed by atoms with Crippen LogP contribution in [-0.2, 0) is 46.4 Å². The minimum atomic E-state index is -1.44. The maximum atomic E-state index is 14.2. The number of carbonyl (C=O) groups is 7. The van der Waals surface area contributed by atoms with Gasteiger partial charge in [-0.2, -0.15) is 0 Å². The molecule has 2 aliphatic rings. The van der Waals surface area contributed by atoms with Crippen molar-refractivity contribution in [2.75, 3.05) is 5.75 Å². The smallest absolute Gasteiger partial charge is 0.303 e. The summed E-state index contributed by atoms with van der Waals surface area (Å²) in [5, 5.41) is 24.5. The van der Waals surface area contributed by atoms with Crippen molar-refractivity contribution in [2.45, 2.75) is 96.1 Å². The van der Waals surface area contributed by atoms with Gasteiger partial charge in [-0.1, -0.05) is 64.1 Å². The summed E-state index contributed by atoms with van der Waals surface area (Å²) in [5.41, 5.74) is 8.46. The highest BCUT2D eigenvalue weighted by Crippen LogP contribution is 2.25. The first-order valence-corrected chi connectivity index (χ1v) is 20.0. The molecule has 6 atom stereocenters. The lowest BCUT2D eigenvalue weighted by atomic mass is 9.98. The van der Waals surface area contributed by atoms with Gasteiger partial charge in [-0.15, -0.1) is 11.8 Å². The number of thioether (sulfide) groups is 1. The molecule has 57 heavy (non-hydrogen) atoms. The molecule has 0 spiro atoms. The molecule has 0 aliphatic carbocycles. The second kappa shape index (κ2) is 19.0. The number of nitrogens with zero attached hydrogens (tertiary/aromatic N) is 1. The van der Waals surface area contributed by atoms with Gasteiger partial charge >= 0.3 is 5.97 Å². The summed E-state index contributed by atoms with van der Waals surface area (Å²) in [4.78, 5) is 102. The van der Waals surface area contributed by atoms with E-state index in [2.05, 4.69) is 36.6 Å². The first-order chi connectivity index (χ1) is 27.1. The van der Waals surface area contributed by atoms with Gasteiger partial charge in [0.1, 0.15) is 36.3 Å². The van der Waals surface area contributed by atoms with E-state index in [1.807, 2.05) is 38.1 Å². The van der Waals surface area contributed by atoms with Gasteiger partial charge < -0.3 is 42.4 Å². The highest BCUT2D eigenvalue weighted by Gasteiger charge is 2.36. The molecule has 5 rings (SSSR count). The van der Waals surface area contributed by atoms with Crippen molar-refractivity contribution in [3.8, 4) is 0 Å². The standard InChI is InChI=1S/C40H50N8O8S/c1-20(2)14-29-36(53)45-30(17-24-18-42-26-11-6-5-10-25(24)26)37(54)43-27(12-13-32(49)50)35(52)44-28(34(41)51)16-22-8-7-9-23(15-22)40-47-31(19-57-40)38(55)48-33(21(3)4)39(56)46-29/h5-11,15,18,20-21,27-31,33,42H,12-14,16-17,19H2,1-4H3,(H2,41,51)(H,43,54)(H,44,52)(H,45,53)(H,46,56)(H,48,55)(H,49,50)/t27-,28-,29-,30+,31-,33+/m0/s1. The lowest BCUT2D eigenvalue weighted by molar-refractivity contribution is -0.138. The van der Waals surface area contributed by atoms with Crippen LogP contribution >= 0.6 is 11.8 Å². The second-order valence-electron chi connectivity index (χ2n) is 15.2. The van der Waals surface area contributed by atoms with Crippen LogP contribution in [0.3, 0.4) is 0 Å². The van der Waals surface area contributed by atoms with E-state index in [-0.39, 0.29) is 37.5 Å². The lowest BCUT2D eigenvalue weighted by Gasteiger charge is -2.28. The molecule has 2 aromatic carbocycles. The largest absolute Gasteiger partial charge is 0.481 e. The minimum absolute atomic E-state index is 0.0436. The number of hydrogen-bond acceptors (Lipinski definition) is 9. The lowest BCUT2D eigenvalue weighted by Crippen LogP contribution is -2.60. The summed E-state index contributed by atoms with van der Waals surface area (Å²) in [6.45, 7) is 7.28. The van der Waals surface area contributed by atoms with E-state index in [4.69, 9.17) is 5.73 Å². The Bertz CT molecular complexity index is 2050. The SMILES string of the molecule is CC(C)C[C@@H]1NC(=O)[C@@H](C(C)C)NC(=O)[C@@H]2CSC(=N2)c2cccc(c2)C[C@@H](C(N)=O)NC(=O)[C@H](CCC(=O)O)NC(=O)[C@@H](Cc2c[nH]c3ccccc23)NC1=O. The van der Waals surface area contributed by atoms with Crippen LogP contribution in [0.4, 0.5) is 0 Å². The summed E-state index contributed by atoms with van der Waals surface area (Å²) in [6, 6.07) is 7.42. The van der Waals surface area contributed by atoms with Crippen molar-refractivity contribution in [1.29, 1.82) is 0 Å². The highest BCUT2D eigenvalue weighted by atomic mass is 32.2. The number of carboxylic acid groups (broad SMARTS) is 1. The number of aliphatic carboxylic acids is 1. The Balaban J connectivity index is 1.55. The number of aromatic amines is 1. The number of nitrogens with two attached hydrogens (primary N) is 1. The van der Waals surface area contributed by atoms with E-state index in [1.165, 1.54) is 11.8 Å². The fraction of sp³-hybridized carbons (Fsp3) is 0.450. The second-order valence-corrected chi connectivity index (χ2v) is 16.2. The number of nitrogens with one attached hydrogen (secondary N) is 6. The van der Waals surface area contributed by atoms with E-state index in [0.29, 0.717) is 27.5 Å². The predicted octanol–water partition coefficient (Wildman–Crippen LogP) is 1.30. The highest BCUT2D eigenvalue weighted by molar-refractivity contribution is 8.14. The fourth-order valence-electron chi connectivity index (χ4n) is 6.79. The molecule has 9 N–H and O–H groups in total. The average Bonchev–Trinajstić information content (AvgIpc) is 3.82. The third kappa shape index (κ3) is 11.2. The van der Waals surface area contributed by atoms with Crippen molar-refractivity contribution < 1.29 is 38.7 Å². The molecule has 16 nitrogen and oxygen atoms in total. The molecule has 0 fully saturated rings. The van der Waals surface area contributed by atoms with E-state index in [1.54, 1.807) is 44.3 Å². The first kappa shape index (κ1) is 42.4. The molecule has 304 valence electrons. The number of carboxylic acids is 1. The van der Waals surface area contributed by atoms with Gasteiger partial charge in [-0.05, 0) is 47.9 Å². The van der Waals surface area contributed by atoms with Gasteiger partial charge in [0.05, 0.1) is 5.04 Å². The molecule has 0 unspecified atom stereocenters. The topological polar surface area (TPSA) is 254 Å². The zero-order valence-corrected chi connectivity index (χ0v) is 33.1. The van der Waals surface area contributed by atoms with E-state index < -0.39 is 84.1 Å². The van der Waals surface area contributed by atoms with E-state index in [9.17, 15) is 38.7 Å². The van der Waals surface area contributed by atoms with Crippen LogP contribution < -0.4 is 32.3 Å². The zero-order chi connectivity index (χ0) is 41.4. The quantitative estimate of drug-likeness (QED) is 0.155. The maximum absolute atomic E-state index is 14.2. The Labute approximate surface area is 334 Å². The van der Waals surface area contributed by atoms with Crippen molar-refractivity contribution >= 4 is 69.1 Å². The monoisotopic (exact) mass is 802 g/mol. The third-order valence-corrected chi connectivity index (χ3v) is 10.9. The van der Waals surface area contributed by atoms with E-state index in [0.717, 1.165) is 10.9 Å². The number of aromatic nitrogens is 1. The number of aliphatic imine (C=N–C) groups is 1. The normalized spacial score (nSPS) is 24.0. The number of primary amides is 1. The number of para-hydroxylation sites is 1. The molecule has 6 amide bonds. The maximum Gasteiger partial charge on any atom is 0.303 e. The van der Waals surface area contributed by atoms with Crippen LogP contribution in [0.2, 0.25) is 0 Å². The zero-order valence-electron chi connectivity index (χ0n) is 32.3. The van der Waals surface area contributed by atoms with Crippen LogP contribution in [0.1, 0.15) is 63.6 Å². The Hall–Kier alpha value is -5.71. The number of fused-ring (bicyclic) bond motifs is 5. The molecule has 0 saturated heterocycles. The molecular weight excluding hydrogens is 753 g/mol. The van der Waals surface area contributed by atoms with Gasteiger partial charge in [0.15, 0.2) is 0 Å². The van der Waals surface area contributed by atoms with Gasteiger partial charge in [0.25, 0.3) is 0 Å². The van der Waals surface area contributed by atoms with Gasteiger partial charge in [0.2, 0.25) is 35.4 Å². The minimum Gasteiger partial charge on any atom is -0.481 e. The molecule has 3 aromatic rings. The van der Waals surface area contributed by atoms with Crippen LogP contribution in [0.5, 0.6) is 0 Å². The number of H-pyrrole nitrogens is 1. The van der Waals surface area contributed by atoms with Crippen molar-refractivity contribution in [1.82, 2.24) is 31.6 Å². The predicted molar refractivity (Wildman–Crippen MR) is 215 cm³/mol. The van der Waals surface area contributed by atoms with Gasteiger partial charge in [-0.25, -0.2) is 0 Å². The first-order valence-electron chi connectivity index (χ1n) is 19.0. The molecule has 0 saturated carbocycles. The van der Waals surface area contributed by atoms with Crippen molar-refractivity contribution in [2.24, 2.45) is 22.6 Å². The molecule has 4 bridgehead atoms. The number of hydrogen-bond donors (Lipinski definition) is 8. The molecule has 1 aromatic heterocycles. The molecular formula is C40H50N8O8S. The summed E-state index contributed by atoms with van der Waals surface area (Å²) < 4.78 is 0. The summed E-state index contributed by atoms with van der Waals surface area (Å²) >= 11 is 1.35. The van der Waals surface area contributed by atoms with Crippen LogP contribution in [0, 0.1) is 11.8 Å². The van der Waals surface area contributed by atoms with Crippen LogP contribution in [0.25, 0.3) is 10.9 Å². The average molecular weight is 803 g/mol. The number of carbonyl (C=O) groups excluding carboxylic acids is 6. The summed E-state index contributed by atoms with van der Waals surface area (Å²) in [6.07, 6.45) is 0.947. The van der Waals surface area contributed by atoms with Crippen LogP contribution in [0.15, 0.2) is 59.7 Å². The molecule has 3 heterocycles. The van der Waals surface area contributed by atoms with Crippen LogP contribution in [-0.4, -0.2) is 98.6 Å². The summed E-state index contributed by atoms with van der Waals surface area (Å²) in [7, 11) is 0. The van der Waals surface area contributed by atoms with E-state index >= 15 is 0 Å². The van der Waals surface area contributed by atoms with Gasteiger partial charge in [-0.3, -0.25) is 38.6 Å². The number of rotatable bonds is 9. The Morgan fingerprint density at radius 1 is 0.842 bits per heavy atom. The number of amides is 6. The third-order valence-electron chi connectivity index (χ3n) is 9.83. The molecule has 0 radical (unpaired) electrons. The Morgan fingerprint density at radius 2 is 1.53 bits per heavy atom. The fourth-order valence-corrected chi connectivity index (χ4v) is 7.83. The molecule has 17 heteroatoms. The number of benzene rings is 2. The molecule has 2 aliphatic heterocycles. The van der Waals surface area contributed by atoms with Gasteiger partial charge in [0, 0.05) is 47.7 Å². The van der Waals surface area contributed by atoms with Crippen molar-refractivity contribution in [3.05, 3.63) is 71.4 Å². The van der Waals surface area contributed by atoms with Crippen molar-refractivity contribution in [3.63, 3.8) is 0 Å².